The maximum absolute atomic E-state index is 12.6. The van der Waals surface area contributed by atoms with Gasteiger partial charge < -0.3 is 20.7 Å². The minimum atomic E-state index is -0.159. The maximum atomic E-state index is 12.6. The summed E-state index contributed by atoms with van der Waals surface area (Å²) in [7, 11) is 0. The lowest BCUT2D eigenvalue weighted by Gasteiger charge is -2.22. The third-order valence-electron chi connectivity index (χ3n) is 6.15. The number of hydrogen-bond acceptors (Lipinski definition) is 4. The van der Waals surface area contributed by atoms with Gasteiger partial charge in [-0.15, -0.1) is 0 Å². The number of unbranched alkanes of at least 4 members (excludes halogenated alkanes) is 4. The Morgan fingerprint density at radius 1 is 0.912 bits per heavy atom. The average Bonchev–Trinajstić information content (AvgIpc) is 2.86. The number of nitrogens with one attached hydrogen (secondary N) is 3. The van der Waals surface area contributed by atoms with Crippen LogP contribution in [0.1, 0.15) is 81.5 Å². The third-order valence-corrected chi connectivity index (χ3v) is 6.15. The van der Waals surface area contributed by atoms with Gasteiger partial charge in [-0.3, -0.25) is 9.59 Å². The molecule has 184 valence electrons. The van der Waals surface area contributed by atoms with E-state index in [2.05, 4.69) is 22.9 Å². The van der Waals surface area contributed by atoms with Crippen molar-refractivity contribution in [2.24, 2.45) is 0 Å². The molecule has 0 aliphatic heterocycles. The summed E-state index contributed by atoms with van der Waals surface area (Å²) in [5.74, 6) is 0.550. The highest BCUT2D eigenvalue weighted by molar-refractivity contribution is 5.96. The van der Waals surface area contributed by atoms with Crippen molar-refractivity contribution in [1.29, 1.82) is 0 Å². The molecular formula is C28H39N3O3. The summed E-state index contributed by atoms with van der Waals surface area (Å²) in [5, 5.41) is 9.15. The summed E-state index contributed by atoms with van der Waals surface area (Å²) >= 11 is 0. The summed E-state index contributed by atoms with van der Waals surface area (Å²) in [6.07, 6.45) is 11.7. The molecule has 0 aromatic heterocycles. The molecule has 0 atom stereocenters. The fourth-order valence-corrected chi connectivity index (χ4v) is 4.23. The molecule has 3 rings (SSSR count). The van der Waals surface area contributed by atoms with E-state index < -0.39 is 0 Å². The molecule has 1 fully saturated rings. The first-order valence-corrected chi connectivity index (χ1v) is 12.8. The predicted octanol–water partition coefficient (Wildman–Crippen LogP) is 6.15. The van der Waals surface area contributed by atoms with Gasteiger partial charge in [-0.25, -0.2) is 0 Å². The Morgan fingerprint density at radius 2 is 1.68 bits per heavy atom. The molecule has 1 saturated carbocycles. The van der Waals surface area contributed by atoms with Gasteiger partial charge in [0.05, 0.1) is 13.2 Å². The number of carbonyl (C=O) groups excluding carboxylic acids is 2. The van der Waals surface area contributed by atoms with Crippen LogP contribution in [0.25, 0.3) is 0 Å². The van der Waals surface area contributed by atoms with Gasteiger partial charge in [0.2, 0.25) is 5.91 Å². The lowest BCUT2D eigenvalue weighted by molar-refractivity contribution is -0.114. The number of benzene rings is 2. The molecule has 1 aliphatic rings. The number of amides is 2. The summed E-state index contributed by atoms with van der Waals surface area (Å²) in [4.78, 5) is 25.0. The van der Waals surface area contributed by atoms with Crippen molar-refractivity contribution in [3.05, 3.63) is 54.1 Å². The molecule has 0 heterocycles. The fraction of sp³-hybridized carbons (Fsp3) is 0.500. The van der Waals surface area contributed by atoms with Crippen molar-refractivity contribution in [3.8, 4) is 5.75 Å². The zero-order valence-corrected chi connectivity index (χ0v) is 20.4. The molecule has 0 radical (unpaired) electrons. The van der Waals surface area contributed by atoms with E-state index in [4.69, 9.17) is 4.74 Å². The summed E-state index contributed by atoms with van der Waals surface area (Å²) in [5.41, 5.74) is 2.05. The van der Waals surface area contributed by atoms with E-state index in [0.29, 0.717) is 17.9 Å². The quantitative estimate of drug-likeness (QED) is 0.310. The Morgan fingerprint density at radius 3 is 2.50 bits per heavy atom. The summed E-state index contributed by atoms with van der Waals surface area (Å²) in [6, 6.07) is 15.0. The molecule has 0 bridgehead atoms. The van der Waals surface area contributed by atoms with E-state index in [-0.39, 0.29) is 24.4 Å². The normalized spacial score (nSPS) is 13.8. The first-order valence-electron chi connectivity index (χ1n) is 12.8. The van der Waals surface area contributed by atoms with E-state index >= 15 is 0 Å². The van der Waals surface area contributed by atoms with Crippen LogP contribution in [0.15, 0.2) is 48.5 Å². The molecule has 2 aromatic carbocycles. The standard InChI is InChI=1S/C28H39N3O3/c1-2-3-4-5-9-18-34-26-17-11-16-25(20-26)30-27(32)21-29-24-15-10-12-22(19-24)28(33)31-23-13-7-6-8-14-23/h10-12,15-17,19-20,23,29H,2-9,13-14,18,21H2,1H3,(H,30,32)(H,31,33). The molecule has 1 aliphatic carbocycles. The lowest BCUT2D eigenvalue weighted by Crippen LogP contribution is -2.36. The lowest BCUT2D eigenvalue weighted by atomic mass is 9.95. The van der Waals surface area contributed by atoms with Crippen LogP contribution in [-0.4, -0.2) is 31.0 Å². The molecule has 6 nitrogen and oxygen atoms in total. The Kier molecular flexibility index (Phi) is 10.8. The van der Waals surface area contributed by atoms with Crippen LogP contribution >= 0.6 is 0 Å². The Balaban J connectivity index is 1.42. The highest BCUT2D eigenvalue weighted by Crippen LogP contribution is 2.19. The van der Waals surface area contributed by atoms with Gasteiger partial charge in [-0.05, 0) is 49.6 Å². The minimum absolute atomic E-state index is 0.0535. The van der Waals surface area contributed by atoms with Gasteiger partial charge in [0.25, 0.3) is 5.91 Å². The summed E-state index contributed by atoms with van der Waals surface area (Å²) < 4.78 is 5.82. The predicted molar refractivity (Wildman–Crippen MR) is 139 cm³/mol. The highest BCUT2D eigenvalue weighted by Gasteiger charge is 2.16. The molecule has 2 aromatic rings. The largest absolute Gasteiger partial charge is 0.494 e. The van der Waals surface area contributed by atoms with Crippen LogP contribution in [0.3, 0.4) is 0 Å². The molecule has 34 heavy (non-hydrogen) atoms. The first-order chi connectivity index (χ1) is 16.6. The van der Waals surface area contributed by atoms with Gasteiger partial charge in [0, 0.05) is 29.0 Å². The van der Waals surface area contributed by atoms with Gasteiger partial charge in [-0.1, -0.05) is 64.0 Å². The number of carbonyl (C=O) groups is 2. The van der Waals surface area contributed by atoms with Crippen LogP contribution in [-0.2, 0) is 4.79 Å². The van der Waals surface area contributed by atoms with E-state index in [1.807, 2.05) is 36.4 Å². The first kappa shape index (κ1) is 25.6. The molecule has 6 heteroatoms. The van der Waals surface area contributed by atoms with Gasteiger partial charge >= 0.3 is 0 Å². The van der Waals surface area contributed by atoms with E-state index in [0.717, 1.165) is 30.7 Å². The number of ether oxygens (including phenoxy) is 1. The molecule has 2 amide bonds. The minimum Gasteiger partial charge on any atom is -0.494 e. The summed E-state index contributed by atoms with van der Waals surface area (Å²) in [6.45, 7) is 3.00. The maximum Gasteiger partial charge on any atom is 0.251 e. The van der Waals surface area contributed by atoms with Gasteiger partial charge in [-0.2, -0.15) is 0 Å². The van der Waals surface area contributed by atoms with Crippen molar-refractivity contribution in [2.45, 2.75) is 77.2 Å². The second-order valence-electron chi connectivity index (χ2n) is 9.08. The second kappa shape index (κ2) is 14.3. The van der Waals surface area contributed by atoms with Crippen LogP contribution < -0.4 is 20.7 Å². The second-order valence-corrected chi connectivity index (χ2v) is 9.08. The zero-order valence-electron chi connectivity index (χ0n) is 20.4. The number of anilines is 2. The van der Waals surface area contributed by atoms with Crippen molar-refractivity contribution in [2.75, 3.05) is 23.8 Å². The Hall–Kier alpha value is -3.02. The monoisotopic (exact) mass is 465 g/mol. The number of rotatable bonds is 13. The topological polar surface area (TPSA) is 79.5 Å². The van der Waals surface area contributed by atoms with Gasteiger partial charge in [0.15, 0.2) is 0 Å². The third kappa shape index (κ3) is 9.08. The molecule has 3 N–H and O–H groups in total. The van der Waals surface area contributed by atoms with Crippen LogP contribution in [0.4, 0.5) is 11.4 Å². The molecule has 0 spiro atoms. The SMILES string of the molecule is CCCCCCCOc1cccc(NC(=O)CNc2cccc(C(=O)NC3CCCCC3)c2)c1. The smallest absolute Gasteiger partial charge is 0.251 e. The van der Waals surface area contributed by atoms with E-state index in [1.54, 1.807) is 12.1 Å². The fourth-order valence-electron chi connectivity index (χ4n) is 4.23. The van der Waals surface area contributed by atoms with E-state index in [9.17, 15) is 9.59 Å². The molecule has 0 unspecified atom stereocenters. The van der Waals surface area contributed by atoms with Crippen molar-refractivity contribution in [3.63, 3.8) is 0 Å². The van der Waals surface area contributed by atoms with Gasteiger partial charge in [0.1, 0.15) is 5.75 Å². The van der Waals surface area contributed by atoms with Crippen molar-refractivity contribution in [1.82, 2.24) is 5.32 Å². The van der Waals surface area contributed by atoms with Crippen LogP contribution in [0.5, 0.6) is 5.75 Å². The molecule has 0 saturated heterocycles. The van der Waals surface area contributed by atoms with Crippen LogP contribution in [0.2, 0.25) is 0 Å². The average molecular weight is 466 g/mol. The highest BCUT2D eigenvalue weighted by atomic mass is 16.5. The van der Waals surface area contributed by atoms with Crippen molar-refractivity contribution < 1.29 is 14.3 Å². The van der Waals surface area contributed by atoms with Crippen molar-refractivity contribution >= 4 is 23.2 Å². The Bertz CT molecular complexity index is 909. The zero-order chi connectivity index (χ0) is 24.0. The Labute approximate surface area is 203 Å². The van der Waals surface area contributed by atoms with E-state index in [1.165, 1.54) is 44.9 Å². The number of hydrogen-bond donors (Lipinski definition) is 3. The molecular weight excluding hydrogens is 426 g/mol. The van der Waals surface area contributed by atoms with Crippen LogP contribution in [0, 0.1) is 0 Å².